The van der Waals surface area contributed by atoms with Crippen molar-refractivity contribution in [3.63, 3.8) is 0 Å². The summed E-state index contributed by atoms with van der Waals surface area (Å²) in [4.78, 5) is 8.27. The molecule has 0 unspecified atom stereocenters. The van der Waals surface area contributed by atoms with E-state index in [9.17, 15) is 5.11 Å². The molecule has 0 aromatic carbocycles. The molecule has 4 rings (SSSR count). The van der Waals surface area contributed by atoms with E-state index >= 15 is 0 Å². The molecular formula is C24H38N2O. The fraction of sp³-hybridized carbons (Fsp3) is 0.833. The Morgan fingerprint density at radius 3 is 2.56 bits per heavy atom. The quantitative estimate of drug-likeness (QED) is 0.532. The van der Waals surface area contributed by atoms with Gasteiger partial charge in [0.25, 0.3) is 0 Å². The van der Waals surface area contributed by atoms with E-state index < -0.39 is 5.60 Å². The first-order valence-electron chi connectivity index (χ1n) is 11.2. The summed E-state index contributed by atoms with van der Waals surface area (Å²) in [5.74, 6) is 4.90. The van der Waals surface area contributed by atoms with Crippen molar-refractivity contribution >= 4 is 12.6 Å². The SMILES string of the molecule is C=C(/C=N\C=N/C)[C@H]1CC[C@H]2[C@@H]3CC[C@@H]4C[C@](C)(O)CC[C@@H]4[C@H]3CC[C@]12C. The molecule has 3 nitrogen and oxygen atoms in total. The number of aliphatic imine (C=N–C) groups is 2. The van der Waals surface area contributed by atoms with Gasteiger partial charge in [0.1, 0.15) is 6.34 Å². The second-order valence-electron chi connectivity index (χ2n) is 10.6. The Morgan fingerprint density at radius 1 is 1.00 bits per heavy atom. The van der Waals surface area contributed by atoms with Gasteiger partial charge in [-0.2, -0.15) is 0 Å². The van der Waals surface area contributed by atoms with E-state index in [0.29, 0.717) is 11.3 Å². The van der Waals surface area contributed by atoms with E-state index in [4.69, 9.17) is 0 Å². The Morgan fingerprint density at radius 2 is 1.78 bits per heavy atom. The average Bonchev–Trinajstić information content (AvgIpc) is 2.98. The molecule has 0 aromatic rings. The third-order valence-corrected chi connectivity index (χ3v) is 9.11. The molecule has 0 spiro atoms. The van der Waals surface area contributed by atoms with Gasteiger partial charge >= 0.3 is 0 Å². The lowest BCUT2D eigenvalue weighted by Crippen LogP contribution is -2.50. The summed E-state index contributed by atoms with van der Waals surface area (Å²) in [6.45, 7) is 9.00. The van der Waals surface area contributed by atoms with Crippen LogP contribution in [0, 0.1) is 40.9 Å². The Hall–Kier alpha value is -0.960. The first kappa shape index (κ1) is 19.4. The smallest absolute Gasteiger partial charge is 0.109 e. The fourth-order valence-corrected chi connectivity index (χ4v) is 7.98. The van der Waals surface area contributed by atoms with Crippen LogP contribution in [0.15, 0.2) is 22.1 Å². The number of rotatable bonds is 3. The highest BCUT2D eigenvalue weighted by Gasteiger charge is 2.57. The van der Waals surface area contributed by atoms with Crippen molar-refractivity contribution in [3.8, 4) is 0 Å². The molecule has 4 saturated carbocycles. The van der Waals surface area contributed by atoms with Crippen molar-refractivity contribution in [1.82, 2.24) is 0 Å². The molecule has 150 valence electrons. The summed E-state index contributed by atoms with van der Waals surface area (Å²) >= 11 is 0. The van der Waals surface area contributed by atoms with E-state index in [1.54, 1.807) is 13.4 Å². The maximum Gasteiger partial charge on any atom is 0.109 e. The lowest BCUT2D eigenvalue weighted by atomic mass is 9.49. The lowest BCUT2D eigenvalue weighted by Gasteiger charge is -2.57. The molecule has 1 N–H and O–H groups in total. The first-order chi connectivity index (χ1) is 12.9. The number of nitrogens with zero attached hydrogens (tertiary/aromatic N) is 2. The second-order valence-corrected chi connectivity index (χ2v) is 10.6. The van der Waals surface area contributed by atoms with E-state index in [1.165, 1.54) is 50.5 Å². The molecule has 0 bridgehead atoms. The summed E-state index contributed by atoms with van der Waals surface area (Å²) < 4.78 is 0. The molecule has 3 heteroatoms. The minimum Gasteiger partial charge on any atom is -0.390 e. The fourth-order valence-electron chi connectivity index (χ4n) is 7.98. The van der Waals surface area contributed by atoms with Crippen LogP contribution in [0.1, 0.15) is 71.6 Å². The van der Waals surface area contributed by atoms with Crippen LogP contribution in [0.4, 0.5) is 0 Å². The normalized spacial score (nSPS) is 49.8. The number of allylic oxidation sites excluding steroid dienone is 1. The van der Waals surface area contributed by atoms with E-state index in [1.807, 2.05) is 6.21 Å². The highest BCUT2D eigenvalue weighted by molar-refractivity contribution is 5.85. The van der Waals surface area contributed by atoms with E-state index in [2.05, 4.69) is 30.4 Å². The van der Waals surface area contributed by atoms with Gasteiger partial charge in [-0.25, -0.2) is 4.99 Å². The number of hydrogen-bond acceptors (Lipinski definition) is 2. The molecule has 4 aliphatic rings. The zero-order valence-corrected chi connectivity index (χ0v) is 17.5. The van der Waals surface area contributed by atoms with Gasteiger partial charge in [-0.15, -0.1) is 0 Å². The lowest BCUT2D eigenvalue weighted by molar-refractivity contribution is -0.0975. The predicted molar refractivity (Wildman–Crippen MR) is 113 cm³/mol. The van der Waals surface area contributed by atoms with Crippen LogP contribution in [-0.4, -0.2) is 30.3 Å². The summed E-state index contributed by atoms with van der Waals surface area (Å²) in [6, 6.07) is 0. The van der Waals surface area contributed by atoms with Gasteiger partial charge in [-0.1, -0.05) is 13.5 Å². The first-order valence-corrected chi connectivity index (χ1v) is 11.2. The zero-order valence-electron chi connectivity index (χ0n) is 17.5. The van der Waals surface area contributed by atoms with E-state index in [0.717, 1.165) is 42.4 Å². The zero-order chi connectivity index (χ0) is 19.2. The molecule has 0 aromatic heterocycles. The van der Waals surface area contributed by atoms with Gasteiger partial charge in [0.2, 0.25) is 0 Å². The van der Waals surface area contributed by atoms with Crippen LogP contribution in [0.25, 0.3) is 0 Å². The van der Waals surface area contributed by atoms with Gasteiger partial charge in [0.15, 0.2) is 0 Å². The molecular weight excluding hydrogens is 332 g/mol. The van der Waals surface area contributed by atoms with Crippen molar-refractivity contribution in [3.05, 3.63) is 12.2 Å². The van der Waals surface area contributed by atoms with Crippen LogP contribution < -0.4 is 0 Å². The van der Waals surface area contributed by atoms with Crippen molar-refractivity contribution in [2.24, 2.45) is 50.9 Å². The third-order valence-electron chi connectivity index (χ3n) is 9.11. The van der Waals surface area contributed by atoms with Crippen LogP contribution in [0.2, 0.25) is 0 Å². The van der Waals surface area contributed by atoms with Gasteiger partial charge in [0.05, 0.1) is 5.60 Å². The number of fused-ring (bicyclic) bond motifs is 5. The molecule has 0 saturated heterocycles. The van der Waals surface area contributed by atoms with Crippen LogP contribution in [0.3, 0.4) is 0 Å². The Bertz CT molecular complexity index is 636. The van der Waals surface area contributed by atoms with E-state index in [-0.39, 0.29) is 0 Å². The van der Waals surface area contributed by atoms with Crippen molar-refractivity contribution < 1.29 is 5.11 Å². The van der Waals surface area contributed by atoms with Gasteiger partial charge in [0, 0.05) is 13.3 Å². The Labute approximate surface area is 165 Å². The molecule has 4 aliphatic carbocycles. The van der Waals surface area contributed by atoms with Gasteiger partial charge in [-0.3, -0.25) is 4.99 Å². The highest BCUT2D eigenvalue weighted by atomic mass is 16.3. The average molecular weight is 371 g/mol. The van der Waals surface area contributed by atoms with Gasteiger partial charge in [-0.05, 0) is 111 Å². The van der Waals surface area contributed by atoms with Crippen LogP contribution in [-0.2, 0) is 0 Å². The van der Waals surface area contributed by atoms with Crippen molar-refractivity contribution in [2.45, 2.75) is 77.2 Å². The van der Waals surface area contributed by atoms with Crippen LogP contribution >= 0.6 is 0 Å². The third kappa shape index (κ3) is 3.34. The summed E-state index contributed by atoms with van der Waals surface area (Å²) in [6.07, 6.45) is 15.0. The highest BCUT2D eigenvalue weighted by Crippen LogP contribution is 2.65. The van der Waals surface area contributed by atoms with Crippen LogP contribution in [0.5, 0.6) is 0 Å². The van der Waals surface area contributed by atoms with Crippen molar-refractivity contribution in [1.29, 1.82) is 0 Å². The van der Waals surface area contributed by atoms with Gasteiger partial charge < -0.3 is 5.11 Å². The minimum absolute atomic E-state index is 0.403. The molecule has 27 heavy (non-hydrogen) atoms. The maximum absolute atomic E-state index is 10.6. The molecule has 0 heterocycles. The largest absolute Gasteiger partial charge is 0.390 e. The molecule has 4 fully saturated rings. The predicted octanol–water partition coefficient (Wildman–Crippen LogP) is 5.29. The summed E-state index contributed by atoms with van der Waals surface area (Å²) in [7, 11) is 1.76. The standard InChI is InChI=1S/C24H38N2O/c1-16(14-26-15-25-4)21-7-8-22-20-6-5-17-13-23(2,27)11-9-18(17)19(20)10-12-24(21,22)3/h14-15,17-22,27H,1,5-13H2,2-4H3/b25-15-,26-14-/t17-,18+,19-,20-,21-,22+,23-,24-/m1/s1. The molecule has 8 atom stereocenters. The topological polar surface area (TPSA) is 45.0 Å². The summed E-state index contributed by atoms with van der Waals surface area (Å²) in [5, 5.41) is 10.6. The Kier molecular flexibility index (Phi) is 5.12. The second kappa shape index (κ2) is 7.13. The number of hydrogen-bond donors (Lipinski definition) is 1. The molecule has 0 aliphatic heterocycles. The summed E-state index contributed by atoms with van der Waals surface area (Å²) in [5.41, 5.74) is 1.20. The van der Waals surface area contributed by atoms with Crippen molar-refractivity contribution in [2.75, 3.05) is 7.05 Å². The molecule has 0 amide bonds. The molecule has 0 radical (unpaired) electrons. The Balaban J connectivity index is 1.50. The number of aliphatic hydroxyl groups is 1. The minimum atomic E-state index is -0.408. The maximum atomic E-state index is 10.6. The monoisotopic (exact) mass is 370 g/mol.